The first-order valence-electron chi connectivity index (χ1n) is 5.09. The van der Waals surface area contributed by atoms with Crippen LogP contribution in [0, 0.1) is 0 Å². The molecule has 1 unspecified atom stereocenters. The van der Waals surface area contributed by atoms with Crippen molar-refractivity contribution in [3.63, 3.8) is 0 Å². The summed E-state index contributed by atoms with van der Waals surface area (Å²) in [6.45, 7) is 1.99. The number of ether oxygens (including phenoxy) is 1. The lowest BCUT2D eigenvalue weighted by atomic mass is 10.1. The molecule has 16 heavy (non-hydrogen) atoms. The van der Waals surface area contributed by atoms with Gasteiger partial charge in [0, 0.05) is 12.3 Å². The van der Waals surface area contributed by atoms with E-state index in [4.69, 9.17) is 16.3 Å². The molecule has 0 aliphatic carbocycles. The number of aromatic nitrogens is 1. The number of rotatable bonds is 3. The van der Waals surface area contributed by atoms with Crippen molar-refractivity contribution in [2.24, 2.45) is 0 Å². The van der Waals surface area contributed by atoms with E-state index < -0.39 is 0 Å². The topological polar surface area (TPSA) is 22.1 Å². The Morgan fingerprint density at radius 1 is 1.12 bits per heavy atom. The van der Waals surface area contributed by atoms with Gasteiger partial charge < -0.3 is 4.74 Å². The lowest BCUT2D eigenvalue weighted by Gasteiger charge is -2.13. The van der Waals surface area contributed by atoms with Crippen LogP contribution >= 0.6 is 11.6 Å². The standard InChI is InChI=1S/C13H12ClNO/c1-10(11-5-3-2-4-6-11)16-13-8-7-12(14)9-15-13/h2-10H,1H3. The fourth-order valence-corrected chi connectivity index (χ4v) is 1.52. The molecule has 1 aromatic carbocycles. The lowest BCUT2D eigenvalue weighted by molar-refractivity contribution is 0.217. The van der Waals surface area contributed by atoms with Crippen LogP contribution in [-0.2, 0) is 0 Å². The third-order valence-electron chi connectivity index (χ3n) is 2.27. The maximum absolute atomic E-state index is 5.75. The van der Waals surface area contributed by atoms with Crippen molar-refractivity contribution in [3.8, 4) is 5.88 Å². The SMILES string of the molecule is CC(Oc1ccc(Cl)cn1)c1ccccc1. The highest BCUT2D eigenvalue weighted by Crippen LogP contribution is 2.20. The number of halogens is 1. The fourth-order valence-electron chi connectivity index (χ4n) is 1.41. The smallest absolute Gasteiger partial charge is 0.213 e. The van der Waals surface area contributed by atoms with Gasteiger partial charge in [0.05, 0.1) is 5.02 Å². The van der Waals surface area contributed by atoms with Gasteiger partial charge in [-0.15, -0.1) is 0 Å². The zero-order valence-corrected chi connectivity index (χ0v) is 9.69. The predicted molar refractivity (Wildman–Crippen MR) is 64.7 cm³/mol. The molecule has 0 aliphatic rings. The maximum atomic E-state index is 5.75. The minimum Gasteiger partial charge on any atom is -0.470 e. The normalized spacial score (nSPS) is 12.1. The molecule has 0 N–H and O–H groups in total. The van der Waals surface area contributed by atoms with E-state index in [9.17, 15) is 0 Å². The van der Waals surface area contributed by atoms with Gasteiger partial charge in [0.25, 0.3) is 0 Å². The van der Waals surface area contributed by atoms with Gasteiger partial charge in [-0.2, -0.15) is 0 Å². The summed E-state index contributed by atoms with van der Waals surface area (Å²) in [6.07, 6.45) is 1.56. The Bertz CT molecular complexity index is 441. The highest BCUT2D eigenvalue weighted by atomic mass is 35.5. The van der Waals surface area contributed by atoms with Crippen LogP contribution in [0.2, 0.25) is 5.02 Å². The van der Waals surface area contributed by atoms with Crippen LogP contribution in [0.3, 0.4) is 0 Å². The van der Waals surface area contributed by atoms with Crippen LogP contribution in [0.1, 0.15) is 18.6 Å². The fraction of sp³-hybridized carbons (Fsp3) is 0.154. The summed E-state index contributed by atoms with van der Waals surface area (Å²) in [5.41, 5.74) is 1.12. The van der Waals surface area contributed by atoms with E-state index in [-0.39, 0.29) is 6.10 Å². The average Bonchev–Trinajstić information content (AvgIpc) is 2.33. The zero-order valence-electron chi connectivity index (χ0n) is 8.93. The minimum atomic E-state index is -0.0186. The summed E-state index contributed by atoms with van der Waals surface area (Å²) >= 11 is 5.75. The van der Waals surface area contributed by atoms with Crippen molar-refractivity contribution in [3.05, 3.63) is 59.2 Å². The molecule has 0 radical (unpaired) electrons. The number of hydrogen-bond acceptors (Lipinski definition) is 2. The van der Waals surface area contributed by atoms with Crippen LogP contribution in [0.25, 0.3) is 0 Å². The van der Waals surface area contributed by atoms with Gasteiger partial charge in [-0.25, -0.2) is 4.98 Å². The van der Waals surface area contributed by atoms with Gasteiger partial charge in [-0.1, -0.05) is 41.9 Å². The molecule has 2 rings (SSSR count). The summed E-state index contributed by atoms with van der Waals surface area (Å²) in [5.74, 6) is 0.584. The van der Waals surface area contributed by atoms with Crippen molar-refractivity contribution < 1.29 is 4.74 Å². The first-order valence-corrected chi connectivity index (χ1v) is 5.46. The molecule has 0 bridgehead atoms. The Morgan fingerprint density at radius 2 is 1.88 bits per heavy atom. The van der Waals surface area contributed by atoms with Crippen LogP contribution < -0.4 is 4.74 Å². The molecule has 82 valence electrons. The average molecular weight is 234 g/mol. The number of hydrogen-bond donors (Lipinski definition) is 0. The summed E-state index contributed by atoms with van der Waals surface area (Å²) in [4.78, 5) is 4.09. The van der Waals surface area contributed by atoms with Crippen molar-refractivity contribution >= 4 is 11.6 Å². The van der Waals surface area contributed by atoms with Gasteiger partial charge in [0.15, 0.2) is 0 Å². The van der Waals surface area contributed by atoms with Crippen LogP contribution in [0.5, 0.6) is 5.88 Å². The van der Waals surface area contributed by atoms with Gasteiger partial charge in [-0.3, -0.25) is 0 Å². The molecule has 1 aromatic heterocycles. The molecule has 0 aliphatic heterocycles. The Hall–Kier alpha value is -1.54. The molecular formula is C13H12ClNO. The lowest BCUT2D eigenvalue weighted by Crippen LogP contribution is -2.03. The Labute approximate surface area is 99.9 Å². The van der Waals surface area contributed by atoms with Gasteiger partial charge >= 0.3 is 0 Å². The van der Waals surface area contributed by atoms with E-state index in [1.807, 2.05) is 37.3 Å². The van der Waals surface area contributed by atoms with Crippen molar-refractivity contribution in [1.82, 2.24) is 4.98 Å². The van der Waals surface area contributed by atoms with E-state index >= 15 is 0 Å². The van der Waals surface area contributed by atoms with E-state index in [2.05, 4.69) is 4.98 Å². The molecule has 3 heteroatoms. The minimum absolute atomic E-state index is 0.0186. The van der Waals surface area contributed by atoms with Crippen LogP contribution in [-0.4, -0.2) is 4.98 Å². The molecule has 0 saturated heterocycles. The Kier molecular flexibility index (Phi) is 3.42. The molecule has 2 aromatic rings. The molecule has 2 nitrogen and oxygen atoms in total. The first kappa shape index (κ1) is 11.0. The van der Waals surface area contributed by atoms with Crippen molar-refractivity contribution in [2.45, 2.75) is 13.0 Å². The van der Waals surface area contributed by atoms with Crippen molar-refractivity contribution in [1.29, 1.82) is 0 Å². The van der Waals surface area contributed by atoms with E-state index in [1.165, 1.54) is 0 Å². The third kappa shape index (κ3) is 2.74. The monoisotopic (exact) mass is 233 g/mol. The Balaban J connectivity index is 2.08. The molecule has 0 amide bonds. The van der Waals surface area contributed by atoms with E-state index in [0.29, 0.717) is 10.9 Å². The number of nitrogens with zero attached hydrogens (tertiary/aromatic N) is 1. The molecule has 1 atom stereocenters. The van der Waals surface area contributed by atoms with E-state index in [1.54, 1.807) is 18.3 Å². The molecule has 0 saturated carbocycles. The summed E-state index contributed by atoms with van der Waals surface area (Å²) in [7, 11) is 0. The number of benzene rings is 1. The highest BCUT2D eigenvalue weighted by Gasteiger charge is 2.06. The Morgan fingerprint density at radius 3 is 2.50 bits per heavy atom. The molecule has 1 heterocycles. The number of pyridine rings is 1. The van der Waals surface area contributed by atoms with Crippen LogP contribution in [0.4, 0.5) is 0 Å². The second-order valence-electron chi connectivity index (χ2n) is 3.49. The third-order valence-corrected chi connectivity index (χ3v) is 2.49. The maximum Gasteiger partial charge on any atom is 0.213 e. The van der Waals surface area contributed by atoms with Crippen molar-refractivity contribution in [2.75, 3.05) is 0 Å². The quantitative estimate of drug-likeness (QED) is 0.803. The summed E-state index contributed by atoms with van der Waals surface area (Å²) in [5, 5.41) is 0.611. The van der Waals surface area contributed by atoms with Gasteiger partial charge in [0.1, 0.15) is 6.10 Å². The predicted octanol–water partition coefficient (Wildman–Crippen LogP) is 3.88. The second kappa shape index (κ2) is 4.99. The molecular weight excluding hydrogens is 222 g/mol. The highest BCUT2D eigenvalue weighted by molar-refractivity contribution is 6.30. The zero-order chi connectivity index (χ0) is 11.4. The van der Waals surface area contributed by atoms with Gasteiger partial charge in [-0.05, 0) is 18.6 Å². The summed E-state index contributed by atoms with van der Waals surface area (Å²) in [6, 6.07) is 13.6. The molecule has 0 spiro atoms. The van der Waals surface area contributed by atoms with Crippen LogP contribution in [0.15, 0.2) is 48.7 Å². The van der Waals surface area contributed by atoms with Gasteiger partial charge in [0.2, 0.25) is 5.88 Å². The van der Waals surface area contributed by atoms with E-state index in [0.717, 1.165) is 5.56 Å². The second-order valence-corrected chi connectivity index (χ2v) is 3.92. The largest absolute Gasteiger partial charge is 0.470 e. The summed E-state index contributed by atoms with van der Waals surface area (Å²) < 4.78 is 5.69. The first-order chi connectivity index (χ1) is 7.75. The molecule has 0 fully saturated rings.